The number of anilines is 1. The van der Waals surface area contributed by atoms with Crippen molar-refractivity contribution in [3.63, 3.8) is 0 Å². The van der Waals surface area contributed by atoms with E-state index in [-0.39, 0.29) is 0 Å². The van der Waals surface area contributed by atoms with Gasteiger partial charge in [0.2, 0.25) is 0 Å². The van der Waals surface area contributed by atoms with Crippen molar-refractivity contribution in [1.82, 2.24) is 4.98 Å². The van der Waals surface area contributed by atoms with Crippen molar-refractivity contribution in [2.45, 2.75) is 19.9 Å². The molecule has 4 heterocycles. The first-order valence-electron chi connectivity index (χ1n) is 12.7. The molecule has 6 aromatic rings. The second-order valence-corrected chi connectivity index (χ2v) is 16.8. The molecule has 1 aliphatic rings. The van der Waals surface area contributed by atoms with E-state index in [1.807, 2.05) is 23.6 Å². The molecule has 6 heteroatoms. The Labute approximate surface area is 246 Å². The molecule has 3 nitrogen and oxygen atoms in total. The van der Waals surface area contributed by atoms with Gasteiger partial charge in [0.25, 0.3) is 0 Å². The van der Waals surface area contributed by atoms with Crippen LogP contribution in [-0.2, 0) is 7.05 Å². The molecular weight excluding hydrogens is 714 g/mol. The van der Waals surface area contributed by atoms with Crippen molar-refractivity contribution in [2.75, 3.05) is 4.90 Å². The fourth-order valence-electron chi connectivity index (χ4n) is 5.12. The van der Waals surface area contributed by atoms with Crippen LogP contribution in [0.15, 0.2) is 94.2 Å². The Balaban J connectivity index is 1.38. The summed E-state index contributed by atoms with van der Waals surface area (Å²) in [4.78, 5) is 7.21. The van der Waals surface area contributed by atoms with Crippen molar-refractivity contribution >= 4 is 104 Å². The average molecular weight is 740 g/mol. The molecular formula is C32H26N3STe2+. The fourth-order valence-corrected chi connectivity index (χ4v) is 12.8. The van der Waals surface area contributed by atoms with Gasteiger partial charge in [-0.2, -0.15) is 0 Å². The van der Waals surface area contributed by atoms with Gasteiger partial charge in [0, 0.05) is 0 Å². The number of fused-ring (bicyclic) bond motifs is 4. The van der Waals surface area contributed by atoms with Crippen molar-refractivity contribution in [3.8, 4) is 0 Å². The van der Waals surface area contributed by atoms with Crippen LogP contribution in [0.3, 0.4) is 0 Å². The topological polar surface area (TPSA) is 20.0 Å². The van der Waals surface area contributed by atoms with Crippen LogP contribution in [0.2, 0.25) is 0 Å². The van der Waals surface area contributed by atoms with E-state index < -0.39 is 41.4 Å². The Hall–Kier alpha value is -2.44. The van der Waals surface area contributed by atoms with E-state index >= 15 is 0 Å². The first-order chi connectivity index (χ1) is 18.5. The van der Waals surface area contributed by atoms with Crippen molar-refractivity contribution in [3.05, 3.63) is 103 Å². The maximum atomic E-state index is 4.65. The summed E-state index contributed by atoms with van der Waals surface area (Å²) in [5, 5.41) is 4.83. The molecule has 0 saturated carbocycles. The van der Waals surface area contributed by atoms with Crippen LogP contribution in [0, 0.1) is 0 Å². The van der Waals surface area contributed by atoms with Gasteiger partial charge in [-0.1, -0.05) is 0 Å². The van der Waals surface area contributed by atoms with E-state index in [4.69, 9.17) is 0 Å². The number of thiophene rings is 1. The Morgan fingerprint density at radius 3 is 2.71 bits per heavy atom. The molecule has 38 heavy (non-hydrogen) atoms. The van der Waals surface area contributed by atoms with Crippen LogP contribution in [0.5, 0.6) is 0 Å². The zero-order chi connectivity index (χ0) is 25.8. The number of allylic oxidation sites excluding steroid dienone is 2. The van der Waals surface area contributed by atoms with Crippen LogP contribution in [0.4, 0.5) is 5.69 Å². The molecule has 0 fully saturated rings. The first-order valence-corrected chi connectivity index (χ1v) is 18.2. The third-order valence-corrected chi connectivity index (χ3v) is 14.2. The second kappa shape index (κ2) is 9.95. The van der Waals surface area contributed by atoms with Gasteiger partial charge < -0.3 is 0 Å². The molecule has 0 saturated heterocycles. The van der Waals surface area contributed by atoms with Gasteiger partial charge in [-0.05, 0) is 0 Å². The molecule has 0 bridgehead atoms. The number of nitrogens with zero attached hydrogens (tertiary/aromatic N) is 3. The number of rotatable bonds is 4. The quantitative estimate of drug-likeness (QED) is 0.161. The summed E-state index contributed by atoms with van der Waals surface area (Å²) in [7, 11) is 2.25. The number of aromatic nitrogens is 2. The Morgan fingerprint density at radius 1 is 1.00 bits per heavy atom. The van der Waals surface area contributed by atoms with E-state index in [0.29, 0.717) is 6.04 Å². The molecule has 1 aliphatic heterocycles. The van der Waals surface area contributed by atoms with Gasteiger partial charge in [-0.3, -0.25) is 0 Å². The maximum absolute atomic E-state index is 4.65. The summed E-state index contributed by atoms with van der Waals surface area (Å²) in [6.45, 7) is 4.61. The predicted molar refractivity (Wildman–Crippen MR) is 165 cm³/mol. The summed E-state index contributed by atoms with van der Waals surface area (Å²) in [6.07, 6.45) is 6.87. The zero-order valence-corrected chi connectivity index (χ0v) is 26.9. The molecule has 0 aliphatic carbocycles. The molecule has 0 atom stereocenters. The molecule has 3 aromatic heterocycles. The number of benzene rings is 3. The van der Waals surface area contributed by atoms with E-state index in [1.165, 1.54) is 48.9 Å². The van der Waals surface area contributed by atoms with Gasteiger partial charge >= 0.3 is 248 Å². The molecule has 0 amide bonds. The van der Waals surface area contributed by atoms with Crippen LogP contribution in [0.25, 0.3) is 41.6 Å². The van der Waals surface area contributed by atoms with Crippen molar-refractivity contribution in [1.29, 1.82) is 0 Å². The monoisotopic (exact) mass is 744 g/mol. The van der Waals surface area contributed by atoms with Gasteiger partial charge in [-0.25, -0.2) is 0 Å². The molecule has 0 N–H and O–H groups in total. The van der Waals surface area contributed by atoms with Crippen LogP contribution in [-0.4, -0.2) is 52.4 Å². The summed E-state index contributed by atoms with van der Waals surface area (Å²) >= 11 is 0.840. The van der Waals surface area contributed by atoms with Crippen LogP contribution >= 0.6 is 11.3 Å². The van der Waals surface area contributed by atoms with Gasteiger partial charge in [-0.15, -0.1) is 0 Å². The Kier molecular flexibility index (Phi) is 6.44. The van der Waals surface area contributed by atoms with Crippen molar-refractivity contribution < 1.29 is 4.57 Å². The Morgan fingerprint density at radius 2 is 1.87 bits per heavy atom. The molecule has 0 radical (unpaired) electrons. The zero-order valence-electron chi connectivity index (χ0n) is 21.4. The fraction of sp³-hybridized carbons (Fsp3) is 0.125. The third kappa shape index (κ3) is 4.34. The molecule has 0 spiro atoms. The number of aryl methyl sites for hydroxylation is 1. The summed E-state index contributed by atoms with van der Waals surface area (Å²) in [5.41, 5.74) is 6.41. The van der Waals surface area contributed by atoms with Crippen LogP contribution < -0.4 is 13.1 Å². The number of hydrogen-bond donors (Lipinski definition) is 0. The average Bonchev–Trinajstić information content (AvgIpc) is 3.61. The number of hydrogen-bond acceptors (Lipinski definition) is 3. The van der Waals surface area contributed by atoms with Crippen LogP contribution in [0.1, 0.15) is 23.1 Å². The van der Waals surface area contributed by atoms with E-state index in [2.05, 4.69) is 120 Å². The first kappa shape index (κ1) is 24.6. The summed E-state index contributed by atoms with van der Waals surface area (Å²) < 4.78 is 9.82. The van der Waals surface area contributed by atoms with Gasteiger partial charge in [0.15, 0.2) is 0 Å². The standard InChI is InChI=1S/C32H26N3STe2/c1-20(2)35-27-18-25-22(10-7-12-33-25)14-30(27)38-32(35)17-24(21-8-5-4-6-9-21)16-31-34(3)26-19-28-23(11-13-36-28)15-29(26)37-31/h4-20H,1-3H3/q+1. The van der Waals surface area contributed by atoms with E-state index in [9.17, 15) is 0 Å². The number of pyridine rings is 1. The van der Waals surface area contributed by atoms with E-state index in [1.54, 1.807) is 3.40 Å². The van der Waals surface area contributed by atoms with Crippen molar-refractivity contribution in [2.24, 2.45) is 7.05 Å². The molecule has 7 rings (SSSR count). The summed E-state index contributed by atoms with van der Waals surface area (Å²) in [5.74, 6) is 0. The Bertz CT molecular complexity index is 1900. The molecule has 186 valence electrons. The molecule has 3 aromatic carbocycles. The minimum absolute atomic E-state index is 0.388. The van der Waals surface area contributed by atoms with Gasteiger partial charge in [0.1, 0.15) is 0 Å². The normalized spacial score (nSPS) is 15.0. The SMILES string of the molecule is CC(C)N1/C(=C/C(=C/c2[te]c3cc4ccsc4cc3[n+]2C)c2ccccc2)[Te]c2cc3cccnc3cc21. The summed E-state index contributed by atoms with van der Waals surface area (Å²) in [6, 6.07) is 27.3. The van der Waals surface area contributed by atoms with E-state index in [0.717, 1.165) is 5.52 Å². The predicted octanol–water partition coefficient (Wildman–Crippen LogP) is 6.12. The second-order valence-electron chi connectivity index (χ2n) is 9.81. The minimum atomic E-state index is -0.528. The van der Waals surface area contributed by atoms with Gasteiger partial charge in [0.05, 0.1) is 0 Å². The molecule has 0 unspecified atom stereocenters. The third-order valence-electron chi connectivity index (χ3n) is 7.02.